The summed E-state index contributed by atoms with van der Waals surface area (Å²) in [7, 11) is 0. The largest absolute Gasteiger partial charge is 0.481 e. The summed E-state index contributed by atoms with van der Waals surface area (Å²) in [6.07, 6.45) is 3.81. The van der Waals surface area contributed by atoms with Crippen LogP contribution in [0.1, 0.15) is 6.42 Å². The van der Waals surface area contributed by atoms with E-state index in [-0.39, 0.29) is 5.91 Å². The number of fused-ring (bicyclic) bond motifs is 1. The first-order valence-electron chi connectivity index (χ1n) is 6.03. The van der Waals surface area contributed by atoms with Gasteiger partial charge in [-0.3, -0.25) is 14.6 Å². The van der Waals surface area contributed by atoms with Crippen LogP contribution in [0, 0.1) is 11.8 Å². The molecule has 0 spiro atoms. The number of carbonyl (C=O) groups excluding carboxylic acids is 1. The average molecular weight is 256 g/mol. The molecule has 0 saturated heterocycles. The summed E-state index contributed by atoms with van der Waals surface area (Å²) in [5.74, 6) is -2.06. The molecule has 5 nitrogen and oxygen atoms in total. The van der Waals surface area contributed by atoms with E-state index in [1.54, 1.807) is 18.5 Å². The molecule has 3 rings (SSSR count). The SMILES string of the molecule is O=C(O)[C@H]1C[C@H]1C(=O)Nc1cccc2cnccc12. The summed E-state index contributed by atoms with van der Waals surface area (Å²) < 4.78 is 0. The molecule has 19 heavy (non-hydrogen) atoms. The highest BCUT2D eigenvalue weighted by Gasteiger charge is 2.48. The number of rotatable bonds is 3. The topological polar surface area (TPSA) is 79.3 Å². The Hall–Kier alpha value is -2.43. The van der Waals surface area contributed by atoms with E-state index < -0.39 is 17.8 Å². The van der Waals surface area contributed by atoms with E-state index in [4.69, 9.17) is 5.11 Å². The number of carboxylic acids is 1. The van der Waals surface area contributed by atoms with E-state index in [1.165, 1.54) is 0 Å². The van der Waals surface area contributed by atoms with Gasteiger partial charge in [0.1, 0.15) is 0 Å². The van der Waals surface area contributed by atoms with Gasteiger partial charge < -0.3 is 10.4 Å². The lowest BCUT2D eigenvalue weighted by atomic mass is 10.1. The molecule has 1 aromatic carbocycles. The van der Waals surface area contributed by atoms with Crippen molar-refractivity contribution >= 4 is 28.3 Å². The molecule has 1 aromatic heterocycles. The molecule has 1 fully saturated rings. The predicted octanol–water partition coefficient (Wildman–Crippen LogP) is 1.89. The number of nitrogens with one attached hydrogen (secondary N) is 1. The van der Waals surface area contributed by atoms with Crippen LogP contribution in [0.15, 0.2) is 36.7 Å². The number of aliphatic carboxylic acids is 1. The maximum Gasteiger partial charge on any atom is 0.307 e. The van der Waals surface area contributed by atoms with Crippen molar-refractivity contribution in [3.05, 3.63) is 36.7 Å². The van der Waals surface area contributed by atoms with Crippen molar-refractivity contribution in [2.24, 2.45) is 11.8 Å². The number of aromatic nitrogens is 1. The third-order valence-corrected chi connectivity index (χ3v) is 3.38. The zero-order valence-electron chi connectivity index (χ0n) is 10.0. The average Bonchev–Trinajstić information content (AvgIpc) is 3.19. The number of carbonyl (C=O) groups is 2. The molecule has 1 amide bonds. The minimum Gasteiger partial charge on any atom is -0.481 e. The van der Waals surface area contributed by atoms with Gasteiger partial charge in [0, 0.05) is 28.9 Å². The van der Waals surface area contributed by atoms with Gasteiger partial charge in [0.15, 0.2) is 0 Å². The number of hydrogen-bond donors (Lipinski definition) is 2. The number of benzene rings is 1. The molecule has 0 aliphatic heterocycles. The van der Waals surface area contributed by atoms with E-state index >= 15 is 0 Å². The van der Waals surface area contributed by atoms with E-state index in [1.807, 2.05) is 18.2 Å². The molecule has 0 unspecified atom stereocenters. The second kappa shape index (κ2) is 4.35. The van der Waals surface area contributed by atoms with Crippen LogP contribution in [0.5, 0.6) is 0 Å². The number of nitrogens with zero attached hydrogens (tertiary/aromatic N) is 1. The van der Waals surface area contributed by atoms with Crippen LogP contribution in [0.2, 0.25) is 0 Å². The van der Waals surface area contributed by atoms with Crippen LogP contribution < -0.4 is 5.32 Å². The predicted molar refractivity (Wildman–Crippen MR) is 69.6 cm³/mol. The van der Waals surface area contributed by atoms with Gasteiger partial charge in [0.25, 0.3) is 0 Å². The summed E-state index contributed by atoms with van der Waals surface area (Å²) in [4.78, 5) is 26.7. The molecular weight excluding hydrogens is 244 g/mol. The molecule has 5 heteroatoms. The Bertz CT molecular complexity index is 663. The molecule has 1 aliphatic carbocycles. The minimum atomic E-state index is -0.901. The van der Waals surface area contributed by atoms with Crippen molar-refractivity contribution in [1.82, 2.24) is 4.98 Å². The Morgan fingerprint density at radius 1 is 1.26 bits per heavy atom. The summed E-state index contributed by atoms with van der Waals surface area (Å²) in [5.41, 5.74) is 0.695. The highest BCUT2D eigenvalue weighted by molar-refractivity contribution is 6.04. The Balaban J connectivity index is 1.83. The number of pyridine rings is 1. The van der Waals surface area contributed by atoms with Crippen molar-refractivity contribution in [2.75, 3.05) is 5.32 Å². The third-order valence-electron chi connectivity index (χ3n) is 3.38. The van der Waals surface area contributed by atoms with Gasteiger partial charge in [-0.2, -0.15) is 0 Å². The summed E-state index contributed by atoms with van der Waals surface area (Å²) in [6, 6.07) is 7.38. The van der Waals surface area contributed by atoms with Gasteiger partial charge in [0.2, 0.25) is 5.91 Å². The van der Waals surface area contributed by atoms with Crippen molar-refractivity contribution < 1.29 is 14.7 Å². The normalized spacial score (nSPS) is 21.1. The fraction of sp³-hybridized carbons (Fsp3) is 0.214. The fourth-order valence-corrected chi connectivity index (χ4v) is 2.21. The van der Waals surface area contributed by atoms with Gasteiger partial charge in [0.05, 0.1) is 11.8 Å². The van der Waals surface area contributed by atoms with Gasteiger partial charge in [-0.25, -0.2) is 0 Å². The maximum absolute atomic E-state index is 11.9. The Morgan fingerprint density at radius 2 is 2.11 bits per heavy atom. The highest BCUT2D eigenvalue weighted by atomic mass is 16.4. The first-order chi connectivity index (χ1) is 9.16. The van der Waals surface area contributed by atoms with Crippen LogP contribution in [0.25, 0.3) is 10.8 Å². The number of amides is 1. The number of hydrogen-bond acceptors (Lipinski definition) is 3. The van der Waals surface area contributed by atoms with Crippen molar-refractivity contribution in [3.63, 3.8) is 0 Å². The zero-order chi connectivity index (χ0) is 13.4. The molecule has 1 saturated carbocycles. The lowest BCUT2D eigenvalue weighted by Gasteiger charge is -2.07. The number of anilines is 1. The quantitative estimate of drug-likeness (QED) is 0.879. The highest BCUT2D eigenvalue weighted by Crippen LogP contribution is 2.39. The summed E-state index contributed by atoms with van der Waals surface area (Å²) in [6.45, 7) is 0. The minimum absolute atomic E-state index is 0.225. The molecule has 96 valence electrons. The van der Waals surface area contributed by atoms with Gasteiger partial charge in [-0.1, -0.05) is 12.1 Å². The van der Waals surface area contributed by atoms with E-state index in [0.717, 1.165) is 10.8 Å². The number of carboxylic acid groups (broad SMARTS) is 1. The van der Waals surface area contributed by atoms with Crippen molar-refractivity contribution in [1.29, 1.82) is 0 Å². The van der Waals surface area contributed by atoms with Crippen LogP contribution in [-0.4, -0.2) is 22.0 Å². The molecule has 1 heterocycles. The standard InChI is InChI=1S/C14H12N2O3/c17-13(10-6-11(10)14(18)19)16-12-3-1-2-8-7-15-5-4-9(8)12/h1-5,7,10-11H,6H2,(H,16,17)(H,18,19)/t10-,11+/m1/s1. The van der Waals surface area contributed by atoms with Crippen molar-refractivity contribution in [3.8, 4) is 0 Å². The molecule has 2 aromatic rings. The molecule has 0 radical (unpaired) electrons. The van der Waals surface area contributed by atoms with Gasteiger partial charge >= 0.3 is 5.97 Å². The maximum atomic E-state index is 11.9. The summed E-state index contributed by atoms with van der Waals surface area (Å²) >= 11 is 0. The summed E-state index contributed by atoms with van der Waals surface area (Å²) in [5, 5.41) is 13.5. The van der Waals surface area contributed by atoms with Crippen LogP contribution in [0.4, 0.5) is 5.69 Å². The van der Waals surface area contributed by atoms with Gasteiger partial charge in [-0.15, -0.1) is 0 Å². The second-order valence-electron chi connectivity index (χ2n) is 4.68. The molecular formula is C14H12N2O3. The first-order valence-corrected chi connectivity index (χ1v) is 6.03. The molecule has 2 atom stereocenters. The molecule has 0 bridgehead atoms. The third kappa shape index (κ3) is 2.14. The lowest BCUT2D eigenvalue weighted by Crippen LogP contribution is -2.16. The Kier molecular flexibility index (Phi) is 2.67. The Labute approximate surface area is 109 Å². The van der Waals surface area contributed by atoms with E-state index in [9.17, 15) is 9.59 Å². The van der Waals surface area contributed by atoms with Crippen LogP contribution in [-0.2, 0) is 9.59 Å². The van der Waals surface area contributed by atoms with Crippen LogP contribution >= 0.6 is 0 Å². The first kappa shape index (κ1) is 11.6. The zero-order valence-corrected chi connectivity index (χ0v) is 10.0. The van der Waals surface area contributed by atoms with E-state index in [2.05, 4.69) is 10.3 Å². The second-order valence-corrected chi connectivity index (χ2v) is 4.68. The fourth-order valence-electron chi connectivity index (χ4n) is 2.21. The smallest absolute Gasteiger partial charge is 0.307 e. The lowest BCUT2D eigenvalue weighted by molar-refractivity contribution is -0.139. The molecule has 2 N–H and O–H groups in total. The van der Waals surface area contributed by atoms with Gasteiger partial charge in [-0.05, 0) is 18.6 Å². The molecule has 1 aliphatic rings. The van der Waals surface area contributed by atoms with Crippen LogP contribution in [0.3, 0.4) is 0 Å². The Morgan fingerprint density at radius 3 is 2.84 bits per heavy atom. The van der Waals surface area contributed by atoms with Crippen molar-refractivity contribution in [2.45, 2.75) is 6.42 Å². The van der Waals surface area contributed by atoms with E-state index in [0.29, 0.717) is 12.1 Å². The monoisotopic (exact) mass is 256 g/mol.